The van der Waals surface area contributed by atoms with E-state index in [1.165, 1.54) is 31.0 Å². The summed E-state index contributed by atoms with van der Waals surface area (Å²) in [6, 6.07) is 7.75. The average Bonchev–Trinajstić information content (AvgIpc) is 3.14. The van der Waals surface area contributed by atoms with E-state index in [1.807, 2.05) is 36.6 Å². The number of nitrogens with zero attached hydrogens (tertiary/aromatic N) is 3. The maximum atomic E-state index is 12.4. The second-order valence-corrected chi connectivity index (χ2v) is 8.86. The third-order valence-electron chi connectivity index (χ3n) is 5.59. The van der Waals surface area contributed by atoms with Crippen LogP contribution in [-0.2, 0) is 17.9 Å². The summed E-state index contributed by atoms with van der Waals surface area (Å²) in [5.41, 5.74) is 1.67. The summed E-state index contributed by atoms with van der Waals surface area (Å²) in [6.07, 6.45) is 4.68. The van der Waals surface area contributed by atoms with Crippen molar-refractivity contribution in [3.8, 4) is 0 Å². The number of carbonyl (C=O) groups excluding carboxylic acids is 2. The summed E-state index contributed by atoms with van der Waals surface area (Å²) in [4.78, 5) is 24.8. The van der Waals surface area contributed by atoms with Crippen molar-refractivity contribution in [2.24, 2.45) is 5.92 Å². The molecule has 3 rings (SSSR count). The van der Waals surface area contributed by atoms with Crippen LogP contribution >= 0.6 is 11.8 Å². The van der Waals surface area contributed by atoms with Gasteiger partial charge in [0.2, 0.25) is 5.91 Å². The fraction of sp³-hybridized carbons (Fsp3) is 0.545. The van der Waals surface area contributed by atoms with Gasteiger partial charge in [0.1, 0.15) is 0 Å². The molecule has 0 radical (unpaired) electrons. The van der Waals surface area contributed by atoms with E-state index in [9.17, 15) is 9.59 Å². The molecule has 1 saturated carbocycles. The van der Waals surface area contributed by atoms with Crippen molar-refractivity contribution in [3.05, 3.63) is 41.2 Å². The fourth-order valence-corrected chi connectivity index (χ4v) is 4.66. The van der Waals surface area contributed by atoms with Gasteiger partial charge >= 0.3 is 0 Å². The third kappa shape index (κ3) is 5.84. The highest BCUT2D eigenvalue weighted by molar-refractivity contribution is 7.99. The van der Waals surface area contributed by atoms with E-state index in [0.717, 1.165) is 12.0 Å². The lowest BCUT2D eigenvalue weighted by Gasteiger charge is -2.29. The van der Waals surface area contributed by atoms with Gasteiger partial charge in [0.15, 0.2) is 11.0 Å². The highest BCUT2D eigenvalue weighted by Gasteiger charge is 2.23. The number of benzene rings is 1. The van der Waals surface area contributed by atoms with Gasteiger partial charge in [-0.3, -0.25) is 9.59 Å². The van der Waals surface area contributed by atoms with Crippen LogP contribution in [-0.4, -0.2) is 38.4 Å². The number of hydrogen-bond donors (Lipinski definition) is 2. The quantitative estimate of drug-likeness (QED) is 0.629. The zero-order chi connectivity index (χ0) is 21.5. The number of rotatable bonds is 8. The zero-order valence-electron chi connectivity index (χ0n) is 18.0. The first-order valence-electron chi connectivity index (χ1n) is 10.7. The first-order chi connectivity index (χ1) is 14.5. The Bertz CT molecular complexity index is 882. The van der Waals surface area contributed by atoms with Gasteiger partial charge in [0.05, 0.1) is 12.3 Å². The summed E-state index contributed by atoms with van der Waals surface area (Å²) >= 11 is 1.39. The molecule has 7 nitrogen and oxygen atoms in total. The van der Waals surface area contributed by atoms with E-state index in [0.29, 0.717) is 41.3 Å². The number of aryl methyl sites for hydroxylation is 1. The molecule has 0 saturated heterocycles. The molecule has 1 aliphatic rings. The molecule has 1 aromatic heterocycles. The number of amides is 2. The summed E-state index contributed by atoms with van der Waals surface area (Å²) in [5, 5.41) is 15.2. The third-order valence-corrected chi connectivity index (χ3v) is 6.55. The Labute approximate surface area is 182 Å². The van der Waals surface area contributed by atoms with Crippen LogP contribution in [0.4, 0.5) is 0 Å². The van der Waals surface area contributed by atoms with Crippen LogP contribution in [0.2, 0.25) is 0 Å². The Hall–Kier alpha value is -2.35. The zero-order valence-corrected chi connectivity index (χ0v) is 18.8. The van der Waals surface area contributed by atoms with Crippen LogP contribution in [0.15, 0.2) is 29.4 Å². The van der Waals surface area contributed by atoms with Crippen LogP contribution in [0, 0.1) is 12.8 Å². The van der Waals surface area contributed by atoms with E-state index in [-0.39, 0.29) is 17.9 Å². The van der Waals surface area contributed by atoms with Gasteiger partial charge in [-0.25, -0.2) is 0 Å². The SMILES string of the molecule is CCn1c(CNC(=O)c2cccc(C)c2)nnc1SCC(=O)N[C@@H]1CCCC[C@@H]1C. The second kappa shape index (κ2) is 10.6. The molecule has 2 atom stereocenters. The molecule has 162 valence electrons. The minimum Gasteiger partial charge on any atom is -0.352 e. The van der Waals surface area contributed by atoms with Gasteiger partial charge in [0, 0.05) is 18.2 Å². The average molecular weight is 430 g/mol. The molecule has 0 aliphatic heterocycles. The number of aromatic nitrogens is 3. The van der Waals surface area contributed by atoms with Crippen LogP contribution in [0.25, 0.3) is 0 Å². The molecule has 1 aromatic carbocycles. The van der Waals surface area contributed by atoms with E-state index >= 15 is 0 Å². The summed E-state index contributed by atoms with van der Waals surface area (Å²) in [6.45, 7) is 7.14. The molecule has 1 aliphatic carbocycles. The molecule has 2 aromatic rings. The lowest BCUT2D eigenvalue weighted by Crippen LogP contribution is -2.41. The standard InChI is InChI=1S/C22H31N5O2S/c1-4-27-19(13-23-21(29)17-10-7-8-15(2)12-17)25-26-22(27)30-14-20(28)24-18-11-6-5-9-16(18)3/h7-8,10,12,16,18H,4-6,9,11,13-14H2,1-3H3,(H,23,29)(H,24,28)/t16-,18+/m0/s1. The summed E-state index contributed by atoms with van der Waals surface area (Å²) < 4.78 is 1.94. The smallest absolute Gasteiger partial charge is 0.251 e. The first kappa shape index (κ1) is 22.3. The molecular weight excluding hydrogens is 398 g/mol. The topological polar surface area (TPSA) is 88.9 Å². The van der Waals surface area contributed by atoms with E-state index in [4.69, 9.17) is 0 Å². The van der Waals surface area contributed by atoms with Crippen LogP contribution in [0.1, 0.15) is 61.3 Å². The van der Waals surface area contributed by atoms with Crippen molar-refractivity contribution < 1.29 is 9.59 Å². The highest BCUT2D eigenvalue weighted by atomic mass is 32.2. The molecular formula is C22H31N5O2S. The van der Waals surface area contributed by atoms with Gasteiger partial charge in [-0.15, -0.1) is 10.2 Å². The van der Waals surface area contributed by atoms with Crippen molar-refractivity contribution in [2.45, 2.75) is 70.7 Å². The number of carbonyl (C=O) groups is 2. The van der Waals surface area contributed by atoms with Crippen molar-refractivity contribution in [1.29, 1.82) is 0 Å². The molecule has 0 bridgehead atoms. The normalized spacial score (nSPS) is 18.8. The number of nitrogens with one attached hydrogen (secondary N) is 2. The Balaban J connectivity index is 1.53. The molecule has 0 spiro atoms. The van der Waals surface area contributed by atoms with Gasteiger partial charge in [0.25, 0.3) is 5.91 Å². The van der Waals surface area contributed by atoms with Crippen molar-refractivity contribution in [2.75, 3.05) is 5.75 Å². The monoisotopic (exact) mass is 429 g/mol. The van der Waals surface area contributed by atoms with Crippen LogP contribution in [0.5, 0.6) is 0 Å². The molecule has 2 N–H and O–H groups in total. The van der Waals surface area contributed by atoms with Gasteiger partial charge in [-0.1, -0.05) is 49.2 Å². The molecule has 8 heteroatoms. The maximum absolute atomic E-state index is 12.4. The fourth-order valence-electron chi connectivity index (χ4n) is 3.83. The van der Waals surface area contributed by atoms with Crippen molar-refractivity contribution in [1.82, 2.24) is 25.4 Å². The van der Waals surface area contributed by atoms with Gasteiger partial charge in [-0.2, -0.15) is 0 Å². The summed E-state index contributed by atoms with van der Waals surface area (Å²) in [7, 11) is 0. The van der Waals surface area contributed by atoms with E-state index in [2.05, 4.69) is 27.8 Å². The van der Waals surface area contributed by atoms with Crippen LogP contribution < -0.4 is 10.6 Å². The van der Waals surface area contributed by atoms with Crippen molar-refractivity contribution in [3.63, 3.8) is 0 Å². The van der Waals surface area contributed by atoms with Gasteiger partial charge in [-0.05, 0) is 44.7 Å². The predicted molar refractivity (Wildman–Crippen MR) is 118 cm³/mol. The molecule has 1 fully saturated rings. The van der Waals surface area contributed by atoms with Crippen molar-refractivity contribution >= 4 is 23.6 Å². The Morgan fingerprint density at radius 3 is 2.77 bits per heavy atom. The van der Waals surface area contributed by atoms with Gasteiger partial charge < -0.3 is 15.2 Å². The lowest BCUT2D eigenvalue weighted by molar-refractivity contribution is -0.119. The van der Waals surface area contributed by atoms with Crippen LogP contribution in [0.3, 0.4) is 0 Å². The molecule has 30 heavy (non-hydrogen) atoms. The molecule has 1 heterocycles. The number of hydrogen-bond acceptors (Lipinski definition) is 5. The Morgan fingerprint density at radius 2 is 2.03 bits per heavy atom. The molecule has 2 amide bonds. The molecule has 0 unspecified atom stereocenters. The minimum atomic E-state index is -0.139. The second-order valence-electron chi connectivity index (χ2n) is 7.92. The maximum Gasteiger partial charge on any atom is 0.251 e. The lowest BCUT2D eigenvalue weighted by atomic mass is 9.86. The predicted octanol–water partition coefficient (Wildman–Crippen LogP) is 3.32. The highest BCUT2D eigenvalue weighted by Crippen LogP contribution is 2.24. The largest absolute Gasteiger partial charge is 0.352 e. The van der Waals surface area contributed by atoms with E-state index in [1.54, 1.807) is 6.07 Å². The Morgan fingerprint density at radius 1 is 1.23 bits per heavy atom. The first-order valence-corrected chi connectivity index (χ1v) is 11.7. The number of thioether (sulfide) groups is 1. The summed E-state index contributed by atoms with van der Waals surface area (Å²) in [5.74, 6) is 1.44. The Kier molecular flexibility index (Phi) is 7.90. The van der Waals surface area contributed by atoms with E-state index < -0.39 is 0 Å². The minimum absolute atomic E-state index is 0.0405.